The first-order chi connectivity index (χ1) is 8.68. The van der Waals surface area contributed by atoms with Gasteiger partial charge in [-0.3, -0.25) is 4.57 Å². The van der Waals surface area contributed by atoms with Crippen LogP contribution in [0.3, 0.4) is 0 Å². The van der Waals surface area contributed by atoms with Crippen molar-refractivity contribution in [1.82, 2.24) is 0 Å². The molecule has 0 N–H and O–H groups in total. The Kier molecular flexibility index (Phi) is 4.66. The zero-order chi connectivity index (χ0) is 13.0. The van der Waals surface area contributed by atoms with E-state index in [1.54, 1.807) is 19.9 Å². The maximum Gasteiger partial charge on any atom is 0.396 e. The Bertz CT molecular complexity index is 412. The summed E-state index contributed by atoms with van der Waals surface area (Å²) < 4.78 is 28.6. The molecular weight excluding hydrogens is 251 g/mol. The van der Waals surface area contributed by atoms with Gasteiger partial charge in [0.05, 0.1) is 13.2 Å². The first-order valence-electron chi connectivity index (χ1n) is 6.66. The number of aryl methyl sites for hydroxylation is 1. The third kappa shape index (κ3) is 3.47. The monoisotopic (exact) mass is 272 g/mol. The predicted octanol–water partition coefficient (Wildman–Crippen LogP) is 3.51. The minimum Gasteiger partial charge on any atom is -0.453 e. The lowest BCUT2D eigenvalue weighted by molar-refractivity contribution is 0.225. The Morgan fingerprint density at radius 3 is 2.50 bits per heavy atom. The Hall–Kier alpha value is -0.570. The number of hydrogen-bond donors (Lipinski definition) is 0. The lowest BCUT2D eigenvalue weighted by Gasteiger charge is -2.13. The standard InChI is InChI=1S/C13H21O4P/c1-3-15-18(14,16-4-2)13-10-9-12(17-13)8-7-11-5-6-11/h9-11H,3-8H2,1-2H3. The van der Waals surface area contributed by atoms with Crippen molar-refractivity contribution in [2.24, 2.45) is 5.92 Å². The minimum atomic E-state index is -3.25. The van der Waals surface area contributed by atoms with Crippen molar-refractivity contribution in [1.29, 1.82) is 0 Å². The molecule has 0 amide bonds. The molecule has 4 nitrogen and oxygen atoms in total. The maximum absolute atomic E-state index is 12.4. The average Bonchev–Trinajstić information content (AvgIpc) is 3.04. The van der Waals surface area contributed by atoms with E-state index in [2.05, 4.69) is 0 Å². The van der Waals surface area contributed by atoms with Gasteiger partial charge in [-0.25, -0.2) is 0 Å². The SMILES string of the molecule is CCOP(=O)(OCC)c1ccc(CCC2CC2)o1. The zero-order valence-electron chi connectivity index (χ0n) is 11.1. The van der Waals surface area contributed by atoms with E-state index in [1.165, 1.54) is 12.8 Å². The molecule has 1 aromatic heterocycles. The summed E-state index contributed by atoms with van der Waals surface area (Å²) in [4.78, 5) is 0. The van der Waals surface area contributed by atoms with Gasteiger partial charge in [-0.1, -0.05) is 12.8 Å². The van der Waals surface area contributed by atoms with Crippen LogP contribution in [0.5, 0.6) is 0 Å². The highest BCUT2D eigenvalue weighted by atomic mass is 31.2. The van der Waals surface area contributed by atoms with Crippen LogP contribution in [0, 0.1) is 5.92 Å². The lowest BCUT2D eigenvalue weighted by atomic mass is 10.2. The summed E-state index contributed by atoms with van der Waals surface area (Å²) >= 11 is 0. The molecule has 0 saturated heterocycles. The van der Waals surface area contributed by atoms with Crippen LogP contribution in [-0.2, 0) is 20.0 Å². The third-order valence-electron chi connectivity index (χ3n) is 3.01. The Labute approximate surface area is 108 Å². The molecule has 1 heterocycles. The summed E-state index contributed by atoms with van der Waals surface area (Å²) in [5.74, 6) is 1.74. The number of hydrogen-bond acceptors (Lipinski definition) is 4. The molecule has 5 heteroatoms. The maximum atomic E-state index is 12.4. The zero-order valence-corrected chi connectivity index (χ0v) is 11.9. The van der Waals surface area contributed by atoms with E-state index in [1.807, 2.05) is 6.07 Å². The van der Waals surface area contributed by atoms with Crippen LogP contribution < -0.4 is 5.50 Å². The second-order valence-corrected chi connectivity index (χ2v) is 6.51. The van der Waals surface area contributed by atoms with Crippen LogP contribution >= 0.6 is 7.60 Å². The summed E-state index contributed by atoms with van der Waals surface area (Å²) in [6.45, 7) is 4.27. The molecule has 2 rings (SSSR count). The van der Waals surface area contributed by atoms with Gasteiger partial charge in [-0.15, -0.1) is 0 Å². The van der Waals surface area contributed by atoms with Crippen LogP contribution in [-0.4, -0.2) is 13.2 Å². The molecule has 1 aliphatic carbocycles. The van der Waals surface area contributed by atoms with Crippen molar-refractivity contribution in [3.8, 4) is 0 Å². The predicted molar refractivity (Wildman–Crippen MR) is 70.2 cm³/mol. The number of furan rings is 1. The van der Waals surface area contributed by atoms with Crippen LogP contribution in [0.15, 0.2) is 16.5 Å². The highest BCUT2D eigenvalue weighted by molar-refractivity contribution is 7.61. The summed E-state index contributed by atoms with van der Waals surface area (Å²) in [7, 11) is -3.25. The van der Waals surface area contributed by atoms with Gasteiger partial charge in [-0.05, 0) is 38.3 Å². The van der Waals surface area contributed by atoms with E-state index in [9.17, 15) is 4.57 Å². The molecule has 0 unspecified atom stereocenters. The number of rotatable bonds is 8. The molecule has 1 fully saturated rings. The van der Waals surface area contributed by atoms with Crippen molar-refractivity contribution >= 4 is 13.1 Å². The normalized spacial score (nSPS) is 16.1. The van der Waals surface area contributed by atoms with Crippen molar-refractivity contribution < 1.29 is 18.0 Å². The summed E-state index contributed by atoms with van der Waals surface area (Å²) in [5.41, 5.74) is 0.331. The summed E-state index contributed by atoms with van der Waals surface area (Å²) in [6, 6.07) is 3.59. The van der Waals surface area contributed by atoms with Crippen LogP contribution in [0.2, 0.25) is 0 Å². The van der Waals surface area contributed by atoms with Crippen molar-refractivity contribution in [2.75, 3.05) is 13.2 Å². The lowest BCUT2D eigenvalue weighted by Crippen LogP contribution is -2.08. The molecule has 18 heavy (non-hydrogen) atoms. The van der Waals surface area contributed by atoms with E-state index in [0.717, 1.165) is 24.5 Å². The van der Waals surface area contributed by atoms with Crippen LogP contribution in [0.1, 0.15) is 38.9 Å². The Morgan fingerprint density at radius 1 is 1.28 bits per heavy atom. The van der Waals surface area contributed by atoms with Gasteiger partial charge in [0.25, 0.3) is 0 Å². The van der Waals surface area contributed by atoms with Gasteiger partial charge in [0.15, 0.2) is 0 Å². The molecule has 1 aliphatic rings. The van der Waals surface area contributed by atoms with Crippen molar-refractivity contribution in [3.05, 3.63) is 17.9 Å². The largest absolute Gasteiger partial charge is 0.453 e. The second-order valence-electron chi connectivity index (χ2n) is 4.56. The Balaban J connectivity index is 2.02. The van der Waals surface area contributed by atoms with Crippen LogP contribution in [0.25, 0.3) is 0 Å². The van der Waals surface area contributed by atoms with Crippen LogP contribution in [0.4, 0.5) is 0 Å². The van der Waals surface area contributed by atoms with Gasteiger partial charge in [0.2, 0.25) is 5.50 Å². The van der Waals surface area contributed by atoms with Gasteiger partial charge >= 0.3 is 7.60 Å². The third-order valence-corrected chi connectivity index (χ3v) is 4.99. The minimum absolute atomic E-state index is 0.331. The smallest absolute Gasteiger partial charge is 0.396 e. The molecule has 1 aromatic rings. The fraction of sp³-hybridized carbons (Fsp3) is 0.692. The summed E-state index contributed by atoms with van der Waals surface area (Å²) in [6.07, 6.45) is 4.73. The molecule has 0 atom stereocenters. The highest BCUT2D eigenvalue weighted by Crippen LogP contribution is 2.47. The first kappa shape index (κ1) is 13.9. The van der Waals surface area contributed by atoms with E-state index in [-0.39, 0.29) is 0 Å². The fourth-order valence-electron chi connectivity index (χ4n) is 1.91. The second kappa shape index (κ2) is 6.05. The van der Waals surface area contributed by atoms with Gasteiger partial charge in [0, 0.05) is 6.42 Å². The first-order valence-corrected chi connectivity index (χ1v) is 8.20. The highest BCUT2D eigenvalue weighted by Gasteiger charge is 2.31. The van der Waals surface area contributed by atoms with E-state index < -0.39 is 7.60 Å². The molecule has 0 aromatic carbocycles. The van der Waals surface area contributed by atoms with Gasteiger partial charge in [0.1, 0.15) is 5.76 Å². The molecule has 0 bridgehead atoms. The molecule has 0 aliphatic heterocycles. The molecule has 102 valence electrons. The van der Waals surface area contributed by atoms with Gasteiger partial charge < -0.3 is 13.5 Å². The van der Waals surface area contributed by atoms with E-state index in [4.69, 9.17) is 13.5 Å². The fourth-order valence-corrected chi connectivity index (χ4v) is 3.40. The van der Waals surface area contributed by atoms with E-state index >= 15 is 0 Å². The molecule has 0 radical (unpaired) electrons. The summed E-state index contributed by atoms with van der Waals surface area (Å²) in [5, 5.41) is 0. The van der Waals surface area contributed by atoms with Gasteiger partial charge in [-0.2, -0.15) is 0 Å². The average molecular weight is 272 g/mol. The van der Waals surface area contributed by atoms with E-state index in [0.29, 0.717) is 18.7 Å². The molecule has 0 spiro atoms. The van der Waals surface area contributed by atoms with Crippen molar-refractivity contribution in [3.63, 3.8) is 0 Å². The molecular formula is C13H21O4P. The quantitative estimate of drug-likeness (QED) is 0.679. The Morgan fingerprint density at radius 2 is 1.94 bits per heavy atom. The topological polar surface area (TPSA) is 48.7 Å². The van der Waals surface area contributed by atoms with Crippen molar-refractivity contribution in [2.45, 2.75) is 39.5 Å². The molecule has 1 saturated carbocycles.